The number of aromatic nitrogens is 3. The minimum absolute atomic E-state index is 0.260. The number of hydrogen-bond acceptors (Lipinski definition) is 5. The molecule has 6 heteroatoms. The summed E-state index contributed by atoms with van der Waals surface area (Å²) in [5.41, 5.74) is 1.02. The van der Waals surface area contributed by atoms with Crippen LogP contribution in [0.25, 0.3) is 21.5 Å². The van der Waals surface area contributed by atoms with Crippen LogP contribution in [0, 0.1) is 0 Å². The second-order valence-electron chi connectivity index (χ2n) is 5.07. The van der Waals surface area contributed by atoms with Crippen LogP contribution in [-0.2, 0) is 0 Å². The second-order valence-corrected chi connectivity index (χ2v) is 6.32. The molecule has 0 bridgehead atoms. The average molecular weight is 317 g/mol. The molecular formula is C15H13ClN4S. The van der Waals surface area contributed by atoms with E-state index in [9.17, 15) is 0 Å². The van der Waals surface area contributed by atoms with Crippen molar-refractivity contribution in [3.8, 4) is 11.4 Å². The van der Waals surface area contributed by atoms with E-state index in [1.807, 2.05) is 12.1 Å². The first-order chi connectivity index (χ1) is 10.3. The highest BCUT2D eigenvalue weighted by Gasteiger charge is 2.18. The number of nitrogens with zero attached hydrogens (tertiary/aromatic N) is 4. The standard InChI is InChI=1S/C15H13ClN4S/c16-14-17-13(18-15(19-14)20-7-1-2-8-20)11-5-3-4-10-6-9-21-12(10)11/h3-6,9H,1-2,7-8H2. The van der Waals surface area contributed by atoms with Crippen LogP contribution in [0.4, 0.5) is 5.95 Å². The number of fused-ring (bicyclic) bond motifs is 1. The van der Waals surface area contributed by atoms with E-state index in [4.69, 9.17) is 11.6 Å². The van der Waals surface area contributed by atoms with Crippen molar-refractivity contribution in [2.24, 2.45) is 0 Å². The van der Waals surface area contributed by atoms with Crippen molar-refractivity contribution >= 4 is 39.0 Å². The largest absolute Gasteiger partial charge is 0.341 e. The molecule has 0 unspecified atom stereocenters. The maximum atomic E-state index is 6.12. The number of benzene rings is 1. The molecular weight excluding hydrogens is 304 g/mol. The van der Waals surface area contributed by atoms with Crippen molar-refractivity contribution in [1.82, 2.24) is 15.0 Å². The topological polar surface area (TPSA) is 41.9 Å². The molecule has 1 aliphatic heterocycles. The molecule has 0 saturated carbocycles. The lowest BCUT2D eigenvalue weighted by Gasteiger charge is -2.15. The molecule has 0 spiro atoms. The van der Waals surface area contributed by atoms with Gasteiger partial charge >= 0.3 is 0 Å². The van der Waals surface area contributed by atoms with Crippen LogP contribution in [0.2, 0.25) is 5.28 Å². The van der Waals surface area contributed by atoms with Crippen LogP contribution >= 0.6 is 22.9 Å². The summed E-state index contributed by atoms with van der Waals surface area (Å²) >= 11 is 7.81. The zero-order valence-electron chi connectivity index (χ0n) is 11.3. The maximum absolute atomic E-state index is 6.12. The highest BCUT2D eigenvalue weighted by atomic mass is 35.5. The molecule has 3 aromatic rings. The van der Waals surface area contributed by atoms with Gasteiger partial charge in [-0.15, -0.1) is 11.3 Å². The van der Waals surface area contributed by atoms with Gasteiger partial charge in [0.1, 0.15) is 0 Å². The lowest BCUT2D eigenvalue weighted by molar-refractivity contribution is 0.883. The van der Waals surface area contributed by atoms with Crippen LogP contribution in [0.5, 0.6) is 0 Å². The predicted octanol–water partition coefficient (Wildman–Crippen LogP) is 4.01. The third-order valence-electron chi connectivity index (χ3n) is 3.71. The minimum atomic E-state index is 0.260. The summed E-state index contributed by atoms with van der Waals surface area (Å²) in [7, 11) is 0. The molecule has 4 rings (SSSR count). The Labute approximate surface area is 131 Å². The molecule has 1 saturated heterocycles. The van der Waals surface area contributed by atoms with Gasteiger partial charge in [0.15, 0.2) is 5.82 Å². The van der Waals surface area contributed by atoms with Crippen LogP contribution in [-0.4, -0.2) is 28.0 Å². The number of halogens is 1. The molecule has 1 aromatic carbocycles. The first-order valence-corrected chi connectivity index (χ1v) is 8.20. The van der Waals surface area contributed by atoms with E-state index in [-0.39, 0.29) is 5.28 Å². The van der Waals surface area contributed by atoms with E-state index >= 15 is 0 Å². The summed E-state index contributed by atoms with van der Waals surface area (Å²) in [5.74, 6) is 1.35. The number of hydrogen-bond donors (Lipinski definition) is 0. The Hall–Kier alpha value is -1.72. The highest BCUT2D eigenvalue weighted by molar-refractivity contribution is 7.17. The van der Waals surface area contributed by atoms with Crippen LogP contribution in [0.3, 0.4) is 0 Å². The molecule has 1 aliphatic rings. The Bertz CT molecular complexity index is 795. The Balaban J connectivity index is 1.86. The first kappa shape index (κ1) is 13.0. The smallest absolute Gasteiger partial charge is 0.230 e. The zero-order chi connectivity index (χ0) is 14.2. The average Bonchev–Trinajstić information content (AvgIpc) is 3.17. The van der Waals surface area contributed by atoms with Crippen molar-refractivity contribution in [3.63, 3.8) is 0 Å². The van der Waals surface area contributed by atoms with Gasteiger partial charge in [0.05, 0.1) is 0 Å². The highest BCUT2D eigenvalue weighted by Crippen LogP contribution is 2.31. The normalized spacial score (nSPS) is 15.0. The maximum Gasteiger partial charge on any atom is 0.230 e. The quantitative estimate of drug-likeness (QED) is 0.716. The SMILES string of the molecule is Clc1nc(-c2cccc3ccsc23)nc(N2CCCC2)n1. The zero-order valence-corrected chi connectivity index (χ0v) is 12.9. The van der Waals surface area contributed by atoms with E-state index in [0.717, 1.165) is 18.7 Å². The summed E-state index contributed by atoms with van der Waals surface area (Å²) in [6, 6.07) is 8.27. The molecule has 0 aliphatic carbocycles. The summed E-state index contributed by atoms with van der Waals surface area (Å²) in [5, 5.41) is 3.55. The molecule has 21 heavy (non-hydrogen) atoms. The van der Waals surface area contributed by atoms with E-state index in [1.165, 1.54) is 22.9 Å². The number of rotatable bonds is 2. The molecule has 0 radical (unpaired) electrons. The number of anilines is 1. The van der Waals surface area contributed by atoms with Gasteiger partial charge < -0.3 is 4.90 Å². The predicted molar refractivity (Wildman–Crippen MR) is 87.1 cm³/mol. The fourth-order valence-corrected chi connectivity index (χ4v) is 3.75. The van der Waals surface area contributed by atoms with Gasteiger partial charge in [0, 0.05) is 23.4 Å². The molecule has 1 fully saturated rings. The van der Waals surface area contributed by atoms with Gasteiger partial charge in [-0.1, -0.05) is 12.1 Å². The van der Waals surface area contributed by atoms with E-state index in [1.54, 1.807) is 11.3 Å². The number of thiophene rings is 1. The van der Waals surface area contributed by atoms with Crippen LogP contribution in [0.1, 0.15) is 12.8 Å². The first-order valence-electron chi connectivity index (χ1n) is 6.94. The van der Waals surface area contributed by atoms with E-state index in [2.05, 4.69) is 37.4 Å². The minimum Gasteiger partial charge on any atom is -0.341 e. The molecule has 2 aromatic heterocycles. The summed E-state index contributed by atoms with van der Waals surface area (Å²) in [6.45, 7) is 1.98. The Morgan fingerprint density at radius 1 is 1.05 bits per heavy atom. The third-order valence-corrected chi connectivity index (χ3v) is 4.84. The van der Waals surface area contributed by atoms with Gasteiger partial charge in [-0.05, 0) is 47.3 Å². The third kappa shape index (κ3) is 2.36. The Morgan fingerprint density at radius 3 is 2.76 bits per heavy atom. The lowest BCUT2D eigenvalue weighted by atomic mass is 10.1. The Kier molecular flexibility index (Phi) is 3.24. The second kappa shape index (κ2) is 5.24. The van der Waals surface area contributed by atoms with Crippen molar-refractivity contribution < 1.29 is 0 Å². The van der Waals surface area contributed by atoms with Crippen LogP contribution < -0.4 is 4.90 Å². The molecule has 0 atom stereocenters. The summed E-state index contributed by atoms with van der Waals surface area (Å²) in [4.78, 5) is 15.4. The molecule has 0 amide bonds. The van der Waals surface area contributed by atoms with Gasteiger partial charge in [0.25, 0.3) is 0 Å². The van der Waals surface area contributed by atoms with E-state index in [0.29, 0.717) is 11.8 Å². The summed E-state index contributed by atoms with van der Waals surface area (Å²) < 4.78 is 1.19. The fourth-order valence-electron chi connectivity index (χ4n) is 2.69. The van der Waals surface area contributed by atoms with Crippen molar-refractivity contribution in [2.75, 3.05) is 18.0 Å². The van der Waals surface area contributed by atoms with Gasteiger partial charge in [-0.25, -0.2) is 0 Å². The van der Waals surface area contributed by atoms with Crippen molar-refractivity contribution in [2.45, 2.75) is 12.8 Å². The van der Waals surface area contributed by atoms with Gasteiger partial charge in [-0.3, -0.25) is 0 Å². The van der Waals surface area contributed by atoms with Gasteiger partial charge in [0.2, 0.25) is 11.2 Å². The van der Waals surface area contributed by atoms with Crippen molar-refractivity contribution in [3.05, 3.63) is 34.9 Å². The summed E-state index contributed by atoms with van der Waals surface area (Å²) in [6.07, 6.45) is 2.36. The molecule has 3 heterocycles. The fraction of sp³-hybridized carbons (Fsp3) is 0.267. The Morgan fingerprint density at radius 2 is 1.90 bits per heavy atom. The molecule has 106 valence electrons. The van der Waals surface area contributed by atoms with Crippen molar-refractivity contribution in [1.29, 1.82) is 0 Å². The lowest BCUT2D eigenvalue weighted by Crippen LogP contribution is -2.21. The monoisotopic (exact) mass is 316 g/mol. The van der Waals surface area contributed by atoms with E-state index < -0.39 is 0 Å². The van der Waals surface area contributed by atoms with Crippen LogP contribution in [0.15, 0.2) is 29.6 Å². The molecule has 4 nitrogen and oxygen atoms in total. The van der Waals surface area contributed by atoms with Gasteiger partial charge in [-0.2, -0.15) is 15.0 Å². The molecule has 0 N–H and O–H groups in total.